The Labute approximate surface area is 183 Å². The number of rotatable bonds is 15. The quantitative estimate of drug-likeness (QED) is 0.256. The predicted octanol–water partition coefficient (Wildman–Crippen LogP) is 3.34. The van der Waals surface area contributed by atoms with E-state index in [1.807, 2.05) is 0 Å². The van der Waals surface area contributed by atoms with Crippen LogP contribution in [0.4, 0.5) is 0 Å². The second-order valence-electron chi connectivity index (χ2n) is 7.00. The van der Waals surface area contributed by atoms with Gasteiger partial charge in [-0.3, -0.25) is 4.79 Å². The highest BCUT2D eigenvalue weighted by Gasteiger charge is 2.08. The summed E-state index contributed by atoms with van der Waals surface area (Å²) >= 11 is 0. The van der Waals surface area contributed by atoms with Gasteiger partial charge in [0.05, 0.1) is 26.4 Å². The lowest BCUT2D eigenvalue weighted by atomic mass is 10.2. The van der Waals surface area contributed by atoms with E-state index in [2.05, 4.69) is 13.2 Å². The van der Waals surface area contributed by atoms with Crippen molar-refractivity contribution in [2.75, 3.05) is 26.4 Å². The van der Waals surface area contributed by atoms with Gasteiger partial charge in [-0.25, -0.2) is 9.59 Å². The molecule has 0 saturated heterocycles. The summed E-state index contributed by atoms with van der Waals surface area (Å²) < 4.78 is 21.4. The third-order valence-electron chi connectivity index (χ3n) is 3.94. The van der Waals surface area contributed by atoms with Crippen molar-refractivity contribution in [1.29, 1.82) is 0 Å². The summed E-state index contributed by atoms with van der Waals surface area (Å²) in [5.41, 5.74) is 6.38. The number of carbonyl (C=O) groups is 3. The Morgan fingerprint density at radius 3 is 1.48 bits per heavy atom. The summed E-state index contributed by atoms with van der Waals surface area (Å²) in [6.07, 6.45) is 2.58. The van der Waals surface area contributed by atoms with Gasteiger partial charge in [-0.05, 0) is 51.7 Å². The number of benzene rings is 1. The minimum Gasteiger partial charge on any atom is -0.493 e. The first-order chi connectivity index (χ1) is 14.7. The van der Waals surface area contributed by atoms with Crippen LogP contribution >= 0.6 is 0 Å². The van der Waals surface area contributed by atoms with Gasteiger partial charge in [0.2, 0.25) is 5.91 Å². The lowest BCUT2D eigenvalue weighted by Crippen LogP contribution is -2.12. The fourth-order valence-corrected chi connectivity index (χ4v) is 2.25. The number of carbonyl (C=O) groups excluding carboxylic acids is 3. The molecule has 0 radical (unpaired) electrons. The van der Waals surface area contributed by atoms with Crippen molar-refractivity contribution in [3.63, 3.8) is 0 Å². The molecule has 2 N–H and O–H groups in total. The van der Waals surface area contributed by atoms with Crippen LogP contribution < -0.4 is 15.2 Å². The number of esters is 2. The molecule has 0 unspecified atom stereocenters. The first-order valence-corrected chi connectivity index (χ1v) is 10.1. The molecular formula is C23H31NO7. The highest BCUT2D eigenvalue weighted by Crippen LogP contribution is 2.23. The van der Waals surface area contributed by atoms with E-state index >= 15 is 0 Å². The Balaban J connectivity index is 2.42. The first-order valence-electron chi connectivity index (χ1n) is 10.1. The molecular weight excluding hydrogens is 402 g/mol. The molecule has 0 saturated carbocycles. The second kappa shape index (κ2) is 13.8. The standard InChI is InChI=1S/C23H31NO7/c1-16(2)22(26)30-11-7-5-9-28-19-13-18(21(24)25)14-20(15-19)29-10-6-8-12-31-23(27)17(3)4/h13-15H,1,3,5-12H2,2,4H3,(H2,24,25). The molecule has 0 bridgehead atoms. The number of unbranched alkanes of at least 4 members (excludes halogenated alkanes) is 2. The average molecular weight is 434 g/mol. The van der Waals surface area contributed by atoms with Gasteiger partial charge < -0.3 is 24.7 Å². The van der Waals surface area contributed by atoms with Gasteiger partial charge in [-0.15, -0.1) is 0 Å². The predicted molar refractivity (Wildman–Crippen MR) is 116 cm³/mol. The van der Waals surface area contributed by atoms with Gasteiger partial charge >= 0.3 is 11.9 Å². The zero-order chi connectivity index (χ0) is 23.2. The Morgan fingerprint density at radius 1 is 0.742 bits per heavy atom. The van der Waals surface area contributed by atoms with E-state index in [4.69, 9.17) is 24.7 Å². The van der Waals surface area contributed by atoms with Gasteiger partial charge in [0.25, 0.3) is 0 Å². The highest BCUT2D eigenvalue weighted by atomic mass is 16.5. The van der Waals surface area contributed by atoms with Crippen LogP contribution in [0.5, 0.6) is 11.5 Å². The molecule has 0 fully saturated rings. The molecule has 8 nitrogen and oxygen atoms in total. The topological polar surface area (TPSA) is 114 Å². The molecule has 170 valence electrons. The molecule has 0 spiro atoms. The van der Waals surface area contributed by atoms with Crippen molar-refractivity contribution in [2.24, 2.45) is 5.73 Å². The fourth-order valence-electron chi connectivity index (χ4n) is 2.25. The van der Waals surface area contributed by atoms with E-state index in [0.717, 1.165) is 0 Å². The molecule has 1 rings (SSSR count). The highest BCUT2D eigenvalue weighted by molar-refractivity contribution is 5.93. The Morgan fingerprint density at radius 2 is 1.13 bits per heavy atom. The normalized spacial score (nSPS) is 10.1. The van der Waals surface area contributed by atoms with Crippen LogP contribution in [0.1, 0.15) is 49.9 Å². The van der Waals surface area contributed by atoms with Gasteiger partial charge in [-0.2, -0.15) is 0 Å². The Kier molecular flexibility index (Phi) is 11.5. The molecule has 1 aromatic carbocycles. The number of primary amides is 1. The average Bonchev–Trinajstić information content (AvgIpc) is 2.72. The number of hydrogen-bond acceptors (Lipinski definition) is 7. The SMILES string of the molecule is C=C(C)C(=O)OCCCCOc1cc(OCCCCOC(=O)C(=C)C)cc(C(N)=O)c1. The van der Waals surface area contributed by atoms with Crippen LogP contribution in [-0.2, 0) is 19.1 Å². The number of ether oxygens (including phenoxy) is 4. The van der Waals surface area contributed by atoms with Crippen molar-refractivity contribution >= 4 is 17.8 Å². The van der Waals surface area contributed by atoms with Crippen molar-refractivity contribution in [2.45, 2.75) is 39.5 Å². The maximum Gasteiger partial charge on any atom is 0.333 e. The summed E-state index contributed by atoms with van der Waals surface area (Å²) in [6, 6.07) is 4.77. The molecule has 0 atom stereocenters. The summed E-state index contributed by atoms with van der Waals surface area (Å²) in [5.74, 6) is -0.494. The zero-order valence-corrected chi connectivity index (χ0v) is 18.2. The van der Waals surface area contributed by atoms with E-state index in [9.17, 15) is 14.4 Å². The van der Waals surface area contributed by atoms with E-state index in [0.29, 0.717) is 61.5 Å². The van der Waals surface area contributed by atoms with E-state index in [1.54, 1.807) is 32.0 Å². The second-order valence-corrected chi connectivity index (χ2v) is 7.00. The summed E-state index contributed by atoms with van der Waals surface area (Å²) in [6.45, 7) is 11.5. The maximum absolute atomic E-state index is 11.6. The van der Waals surface area contributed by atoms with Gasteiger partial charge in [0.15, 0.2) is 0 Å². The molecule has 31 heavy (non-hydrogen) atoms. The van der Waals surface area contributed by atoms with Crippen LogP contribution in [0.25, 0.3) is 0 Å². The fraction of sp³-hybridized carbons (Fsp3) is 0.435. The van der Waals surface area contributed by atoms with E-state index in [1.165, 1.54) is 0 Å². The minimum absolute atomic E-state index is 0.276. The van der Waals surface area contributed by atoms with E-state index in [-0.39, 0.29) is 18.8 Å². The van der Waals surface area contributed by atoms with Crippen LogP contribution in [0.2, 0.25) is 0 Å². The Hall–Kier alpha value is -3.29. The van der Waals surface area contributed by atoms with Crippen molar-refractivity contribution < 1.29 is 33.3 Å². The van der Waals surface area contributed by atoms with Crippen LogP contribution in [0.15, 0.2) is 42.5 Å². The van der Waals surface area contributed by atoms with Crippen LogP contribution in [0.3, 0.4) is 0 Å². The number of hydrogen-bond donors (Lipinski definition) is 1. The van der Waals surface area contributed by atoms with Crippen molar-refractivity contribution in [3.05, 3.63) is 48.1 Å². The zero-order valence-electron chi connectivity index (χ0n) is 18.2. The van der Waals surface area contributed by atoms with Crippen LogP contribution in [-0.4, -0.2) is 44.3 Å². The largest absolute Gasteiger partial charge is 0.493 e. The van der Waals surface area contributed by atoms with E-state index < -0.39 is 17.8 Å². The molecule has 0 aliphatic rings. The summed E-state index contributed by atoms with van der Waals surface area (Å²) in [4.78, 5) is 34.2. The minimum atomic E-state index is -0.589. The monoisotopic (exact) mass is 433 g/mol. The third kappa shape index (κ3) is 10.9. The molecule has 0 aliphatic carbocycles. The van der Waals surface area contributed by atoms with Crippen molar-refractivity contribution in [3.8, 4) is 11.5 Å². The van der Waals surface area contributed by atoms with Crippen molar-refractivity contribution in [1.82, 2.24) is 0 Å². The van der Waals surface area contributed by atoms with Gasteiger partial charge in [0.1, 0.15) is 11.5 Å². The third-order valence-corrected chi connectivity index (χ3v) is 3.94. The number of nitrogens with two attached hydrogens (primary N) is 1. The molecule has 1 aromatic rings. The van der Waals surface area contributed by atoms with Gasteiger partial charge in [-0.1, -0.05) is 13.2 Å². The molecule has 8 heteroatoms. The maximum atomic E-state index is 11.6. The smallest absolute Gasteiger partial charge is 0.333 e. The summed E-state index contributed by atoms with van der Waals surface area (Å²) in [7, 11) is 0. The number of amides is 1. The van der Waals surface area contributed by atoms with Crippen LogP contribution in [0, 0.1) is 0 Å². The molecule has 0 heterocycles. The van der Waals surface area contributed by atoms with Gasteiger partial charge in [0, 0.05) is 22.8 Å². The summed E-state index contributed by atoms with van der Waals surface area (Å²) in [5, 5.41) is 0. The molecule has 1 amide bonds. The lowest BCUT2D eigenvalue weighted by Gasteiger charge is -2.12. The first kappa shape index (κ1) is 25.7. The Bertz CT molecular complexity index is 745. The molecule has 0 aromatic heterocycles. The molecule has 0 aliphatic heterocycles. The lowest BCUT2D eigenvalue weighted by molar-refractivity contribution is -0.139.